The van der Waals surface area contributed by atoms with E-state index in [0.29, 0.717) is 13.2 Å². The third kappa shape index (κ3) is 5.15. The predicted octanol–water partition coefficient (Wildman–Crippen LogP) is 2.22. The van der Waals surface area contributed by atoms with Crippen molar-refractivity contribution >= 4 is 11.5 Å². The second kappa shape index (κ2) is 7.60. The van der Waals surface area contributed by atoms with E-state index < -0.39 is 4.92 Å². The standard InChI is InChI=1S/C13H17NO5/c1-3-18-8-10(2)19-9-13(15)11-5-4-6-12(7-11)14(16)17/h4-7,10H,3,8-9H2,1-2H3. The lowest BCUT2D eigenvalue weighted by Crippen LogP contribution is -2.20. The van der Waals surface area contributed by atoms with Gasteiger partial charge in [0.05, 0.1) is 17.6 Å². The fraction of sp³-hybridized carbons (Fsp3) is 0.462. The normalized spacial score (nSPS) is 12.1. The minimum Gasteiger partial charge on any atom is -0.379 e. The zero-order valence-electron chi connectivity index (χ0n) is 11.0. The summed E-state index contributed by atoms with van der Waals surface area (Å²) >= 11 is 0. The Morgan fingerprint density at radius 2 is 2.21 bits per heavy atom. The molecule has 0 aliphatic rings. The number of benzene rings is 1. The average Bonchev–Trinajstić information content (AvgIpc) is 2.42. The molecule has 6 heteroatoms. The van der Waals surface area contributed by atoms with Crippen molar-refractivity contribution in [3.8, 4) is 0 Å². The van der Waals surface area contributed by atoms with Gasteiger partial charge < -0.3 is 9.47 Å². The number of hydrogen-bond donors (Lipinski definition) is 0. The summed E-state index contributed by atoms with van der Waals surface area (Å²) in [5.41, 5.74) is 0.172. The predicted molar refractivity (Wildman–Crippen MR) is 69.3 cm³/mol. The van der Waals surface area contributed by atoms with Crippen molar-refractivity contribution in [2.24, 2.45) is 0 Å². The Morgan fingerprint density at radius 1 is 1.47 bits per heavy atom. The van der Waals surface area contributed by atoms with Crippen molar-refractivity contribution in [3.05, 3.63) is 39.9 Å². The van der Waals surface area contributed by atoms with Gasteiger partial charge in [-0.05, 0) is 13.8 Å². The van der Waals surface area contributed by atoms with Crippen molar-refractivity contribution in [2.45, 2.75) is 20.0 Å². The Hall–Kier alpha value is -1.79. The number of Topliss-reactive ketones (excluding diaryl/α,β-unsaturated/α-hetero) is 1. The van der Waals surface area contributed by atoms with E-state index in [0.717, 1.165) is 0 Å². The molecule has 6 nitrogen and oxygen atoms in total. The van der Waals surface area contributed by atoms with E-state index in [-0.39, 0.29) is 29.7 Å². The molecular weight excluding hydrogens is 250 g/mol. The molecule has 1 aromatic carbocycles. The molecular formula is C13H17NO5. The van der Waals surface area contributed by atoms with Crippen LogP contribution in [0.5, 0.6) is 0 Å². The van der Waals surface area contributed by atoms with Crippen molar-refractivity contribution in [2.75, 3.05) is 19.8 Å². The van der Waals surface area contributed by atoms with E-state index in [1.807, 2.05) is 6.92 Å². The van der Waals surface area contributed by atoms with Crippen LogP contribution >= 0.6 is 0 Å². The summed E-state index contributed by atoms with van der Waals surface area (Å²) < 4.78 is 10.5. The molecule has 0 heterocycles. The minimum absolute atomic E-state index is 0.104. The highest BCUT2D eigenvalue weighted by Crippen LogP contribution is 2.13. The number of non-ortho nitro benzene ring substituents is 1. The highest BCUT2D eigenvalue weighted by atomic mass is 16.6. The second-order valence-electron chi connectivity index (χ2n) is 4.01. The Kier molecular flexibility index (Phi) is 6.11. The van der Waals surface area contributed by atoms with Gasteiger partial charge in [0, 0.05) is 24.3 Å². The molecule has 0 amide bonds. The molecule has 0 aliphatic heterocycles. The van der Waals surface area contributed by atoms with E-state index >= 15 is 0 Å². The summed E-state index contributed by atoms with van der Waals surface area (Å²) in [7, 11) is 0. The SMILES string of the molecule is CCOCC(C)OCC(=O)c1cccc([N+](=O)[O-])c1. The van der Waals surface area contributed by atoms with E-state index in [1.165, 1.54) is 24.3 Å². The molecule has 1 aromatic rings. The zero-order chi connectivity index (χ0) is 14.3. The number of rotatable bonds is 8. The van der Waals surface area contributed by atoms with Gasteiger partial charge in [0.1, 0.15) is 6.61 Å². The maximum Gasteiger partial charge on any atom is 0.270 e. The molecule has 1 atom stereocenters. The van der Waals surface area contributed by atoms with Crippen LogP contribution in [0.1, 0.15) is 24.2 Å². The number of ketones is 1. The van der Waals surface area contributed by atoms with E-state index in [9.17, 15) is 14.9 Å². The monoisotopic (exact) mass is 267 g/mol. The molecule has 1 unspecified atom stereocenters. The van der Waals surface area contributed by atoms with Crippen LogP contribution < -0.4 is 0 Å². The largest absolute Gasteiger partial charge is 0.379 e. The van der Waals surface area contributed by atoms with Crippen LogP contribution in [0.25, 0.3) is 0 Å². The van der Waals surface area contributed by atoms with Gasteiger partial charge in [-0.15, -0.1) is 0 Å². The summed E-state index contributed by atoms with van der Waals surface area (Å²) in [6.45, 7) is 4.57. The molecule has 0 radical (unpaired) electrons. The number of nitro benzene ring substituents is 1. The molecule has 1 rings (SSSR count). The third-order valence-electron chi connectivity index (χ3n) is 2.43. The van der Waals surface area contributed by atoms with Crippen molar-refractivity contribution < 1.29 is 19.2 Å². The number of hydrogen-bond acceptors (Lipinski definition) is 5. The van der Waals surface area contributed by atoms with Gasteiger partial charge in [-0.3, -0.25) is 14.9 Å². The van der Waals surface area contributed by atoms with Crippen molar-refractivity contribution in [3.63, 3.8) is 0 Å². The van der Waals surface area contributed by atoms with Crippen LogP contribution in [0.3, 0.4) is 0 Å². The maximum absolute atomic E-state index is 11.8. The minimum atomic E-state index is -0.532. The second-order valence-corrected chi connectivity index (χ2v) is 4.01. The quantitative estimate of drug-likeness (QED) is 0.410. The summed E-state index contributed by atoms with van der Waals surface area (Å²) in [5.74, 6) is -0.285. The highest BCUT2D eigenvalue weighted by molar-refractivity contribution is 5.97. The van der Waals surface area contributed by atoms with Crippen molar-refractivity contribution in [1.29, 1.82) is 0 Å². The maximum atomic E-state index is 11.8. The van der Waals surface area contributed by atoms with Gasteiger partial charge in [0.15, 0.2) is 5.78 Å². The van der Waals surface area contributed by atoms with Crippen LogP contribution in [-0.4, -0.2) is 36.6 Å². The average molecular weight is 267 g/mol. The molecule has 0 saturated heterocycles. The van der Waals surface area contributed by atoms with Gasteiger partial charge in [-0.1, -0.05) is 12.1 Å². The third-order valence-corrected chi connectivity index (χ3v) is 2.43. The van der Waals surface area contributed by atoms with Crippen LogP contribution in [0.4, 0.5) is 5.69 Å². The summed E-state index contributed by atoms with van der Waals surface area (Å²) in [4.78, 5) is 21.9. The molecule has 0 aromatic heterocycles. The smallest absolute Gasteiger partial charge is 0.270 e. The topological polar surface area (TPSA) is 78.7 Å². The van der Waals surface area contributed by atoms with Gasteiger partial charge in [0.2, 0.25) is 0 Å². The Balaban J connectivity index is 2.54. The van der Waals surface area contributed by atoms with Gasteiger partial charge in [-0.25, -0.2) is 0 Å². The summed E-state index contributed by atoms with van der Waals surface area (Å²) in [6.07, 6.45) is -0.192. The Bertz CT molecular complexity index is 446. The van der Waals surface area contributed by atoms with Crippen LogP contribution in [0.15, 0.2) is 24.3 Å². The number of carbonyl (C=O) groups excluding carboxylic acids is 1. The molecule has 0 aliphatic carbocycles. The molecule has 0 bridgehead atoms. The molecule has 19 heavy (non-hydrogen) atoms. The summed E-state index contributed by atoms with van der Waals surface area (Å²) in [6, 6.07) is 5.61. The Morgan fingerprint density at radius 3 is 2.84 bits per heavy atom. The molecule has 0 fully saturated rings. The van der Waals surface area contributed by atoms with E-state index in [1.54, 1.807) is 6.92 Å². The van der Waals surface area contributed by atoms with Gasteiger partial charge >= 0.3 is 0 Å². The number of nitro groups is 1. The first-order chi connectivity index (χ1) is 9.04. The molecule has 0 spiro atoms. The molecule has 0 N–H and O–H groups in total. The summed E-state index contributed by atoms with van der Waals surface area (Å²) in [5, 5.41) is 10.6. The van der Waals surface area contributed by atoms with E-state index in [4.69, 9.17) is 9.47 Å². The number of nitrogens with zero attached hydrogens (tertiary/aromatic N) is 1. The van der Waals surface area contributed by atoms with Gasteiger partial charge in [0.25, 0.3) is 5.69 Å². The first-order valence-electron chi connectivity index (χ1n) is 6.01. The van der Waals surface area contributed by atoms with Gasteiger partial charge in [-0.2, -0.15) is 0 Å². The first kappa shape index (κ1) is 15.3. The van der Waals surface area contributed by atoms with E-state index in [2.05, 4.69) is 0 Å². The van der Waals surface area contributed by atoms with Crippen LogP contribution in [-0.2, 0) is 9.47 Å². The number of ether oxygens (including phenoxy) is 2. The van der Waals surface area contributed by atoms with Crippen LogP contribution in [0.2, 0.25) is 0 Å². The lowest BCUT2D eigenvalue weighted by molar-refractivity contribution is -0.384. The fourth-order valence-corrected chi connectivity index (χ4v) is 1.43. The lowest BCUT2D eigenvalue weighted by Gasteiger charge is -2.12. The van der Waals surface area contributed by atoms with Crippen molar-refractivity contribution in [1.82, 2.24) is 0 Å². The van der Waals surface area contributed by atoms with Crippen LogP contribution in [0, 0.1) is 10.1 Å². The zero-order valence-corrected chi connectivity index (χ0v) is 11.0. The first-order valence-corrected chi connectivity index (χ1v) is 6.01. The number of carbonyl (C=O) groups is 1. The lowest BCUT2D eigenvalue weighted by atomic mass is 10.1. The molecule has 104 valence electrons. The Labute approximate surface area is 111 Å². The molecule has 0 saturated carbocycles. The highest BCUT2D eigenvalue weighted by Gasteiger charge is 2.13. The fourth-order valence-electron chi connectivity index (χ4n) is 1.43.